The van der Waals surface area contributed by atoms with Crippen molar-refractivity contribution in [3.63, 3.8) is 0 Å². The zero-order valence-corrected chi connectivity index (χ0v) is 26.4. The number of nitrogens with zero attached hydrogens (tertiary/aromatic N) is 1. The first-order valence-corrected chi connectivity index (χ1v) is 14.6. The Labute approximate surface area is 263 Å². The number of aromatic amines is 1. The van der Waals surface area contributed by atoms with Crippen LogP contribution in [0.25, 0.3) is 22.0 Å². The second-order valence-electron chi connectivity index (χ2n) is 9.26. The molecule has 1 heterocycles. The summed E-state index contributed by atoms with van der Waals surface area (Å²) in [6, 6.07) is 21.3. The molecule has 0 aliphatic rings. The van der Waals surface area contributed by atoms with Crippen LogP contribution in [-0.2, 0) is 0 Å². The van der Waals surface area contributed by atoms with Crippen molar-refractivity contribution >= 4 is 84.1 Å². The van der Waals surface area contributed by atoms with Gasteiger partial charge in [-0.05, 0) is 83.9 Å². The fraction of sp³-hybridized carbons (Fsp3) is 0.0645. The van der Waals surface area contributed by atoms with E-state index in [9.17, 15) is 9.59 Å². The fourth-order valence-corrected chi connectivity index (χ4v) is 6.20. The molecule has 0 radical (unpaired) electrons. The van der Waals surface area contributed by atoms with Crippen LogP contribution in [0.2, 0.25) is 10.0 Å². The number of rotatable bonds is 6. The molecular formula is C31H21Br2Cl2N3O3. The monoisotopic (exact) mass is 711 g/mol. The smallest absolute Gasteiger partial charge is 0.343 e. The van der Waals surface area contributed by atoms with Crippen molar-refractivity contribution in [2.75, 3.05) is 0 Å². The summed E-state index contributed by atoms with van der Waals surface area (Å²) < 4.78 is 6.91. The second-order valence-corrected chi connectivity index (χ2v) is 11.9. The maximum Gasteiger partial charge on any atom is 0.343 e. The molecule has 1 amide bonds. The quantitative estimate of drug-likeness (QED) is 0.0797. The molecule has 41 heavy (non-hydrogen) atoms. The van der Waals surface area contributed by atoms with E-state index in [1.165, 1.54) is 6.21 Å². The first-order valence-electron chi connectivity index (χ1n) is 12.3. The number of fused-ring (bicyclic) bond motifs is 1. The Bertz CT molecular complexity index is 1850. The number of nitrogens with one attached hydrogen (secondary N) is 2. The van der Waals surface area contributed by atoms with Crippen LogP contribution in [0, 0.1) is 13.8 Å². The summed E-state index contributed by atoms with van der Waals surface area (Å²) in [6.45, 7) is 3.99. The van der Waals surface area contributed by atoms with Gasteiger partial charge in [0.05, 0.1) is 16.3 Å². The second kappa shape index (κ2) is 12.2. The molecule has 0 saturated heterocycles. The van der Waals surface area contributed by atoms with Gasteiger partial charge in [0.2, 0.25) is 0 Å². The highest BCUT2D eigenvalue weighted by Gasteiger charge is 2.22. The van der Waals surface area contributed by atoms with Gasteiger partial charge in [0.25, 0.3) is 5.91 Å². The van der Waals surface area contributed by atoms with Gasteiger partial charge in [-0.2, -0.15) is 5.10 Å². The van der Waals surface area contributed by atoms with E-state index in [0.29, 0.717) is 41.4 Å². The van der Waals surface area contributed by atoms with Gasteiger partial charge in [0.1, 0.15) is 5.69 Å². The number of amides is 1. The molecule has 206 valence electrons. The topological polar surface area (TPSA) is 83.6 Å². The molecule has 10 heteroatoms. The number of hydrazone groups is 1. The molecule has 5 aromatic rings. The van der Waals surface area contributed by atoms with E-state index < -0.39 is 11.9 Å². The molecule has 6 nitrogen and oxygen atoms in total. The molecule has 0 aliphatic heterocycles. The number of benzene rings is 4. The van der Waals surface area contributed by atoms with Gasteiger partial charge < -0.3 is 9.72 Å². The van der Waals surface area contributed by atoms with Crippen LogP contribution in [-0.4, -0.2) is 23.1 Å². The van der Waals surface area contributed by atoms with Crippen molar-refractivity contribution in [2.45, 2.75) is 13.8 Å². The van der Waals surface area contributed by atoms with E-state index in [-0.39, 0.29) is 5.75 Å². The maximum absolute atomic E-state index is 13.5. The average Bonchev–Trinajstić information content (AvgIpc) is 3.30. The summed E-state index contributed by atoms with van der Waals surface area (Å²) in [5.41, 5.74) is 8.02. The molecule has 0 saturated carbocycles. The van der Waals surface area contributed by atoms with Crippen LogP contribution >= 0.6 is 55.1 Å². The highest BCUT2D eigenvalue weighted by molar-refractivity contribution is 9.11. The van der Waals surface area contributed by atoms with E-state index in [1.807, 2.05) is 44.2 Å². The summed E-state index contributed by atoms with van der Waals surface area (Å²) in [7, 11) is 0. The predicted octanol–water partition coefficient (Wildman–Crippen LogP) is 9.27. The van der Waals surface area contributed by atoms with Gasteiger partial charge in [0.15, 0.2) is 5.75 Å². The van der Waals surface area contributed by atoms with E-state index in [4.69, 9.17) is 27.9 Å². The number of aryl methyl sites for hydroxylation is 2. The third kappa shape index (κ3) is 6.26. The molecule has 0 fully saturated rings. The molecule has 1 aromatic heterocycles. The highest BCUT2D eigenvalue weighted by Crippen LogP contribution is 2.38. The van der Waals surface area contributed by atoms with Crippen molar-refractivity contribution in [1.29, 1.82) is 0 Å². The van der Waals surface area contributed by atoms with Gasteiger partial charge in [-0.3, -0.25) is 4.79 Å². The van der Waals surface area contributed by atoms with Crippen molar-refractivity contribution in [1.82, 2.24) is 10.4 Å². The fourth-order valence-electron chi connectivity index (χ4n) is 4.50. The SMILES string of the molecule is Cc1cc(C)c2[nH]c(C(=O)NN=Cc3cc(Br)cc(Br)c3OC(=O)c3ccc(Cl)cc3)c(-c3ccccc3Cl)c2c1. The number of H-pyrrole nitrogens is 1. The minimum absolute atomic E-state index is 0.236. The summed E-state index contributed by atoms with van der Waals surface area (Å²) in [5.74, 6) is -0.797. The van der Waals surface area contributed by atoms with Crippen LogP contribution < -0.4 is 10.2 Å². The molecular weight excluding hydrogens is 693 g/mol. The number of aromatic nitrogens is 1. The summed E-state index contributed by atoms with van der Waals surface area (Å²) >= 11 is 19.4. The largest absolute Gasteiger partial charge is 0.421 e. The Morgan fingerprint density at radius 1 is 0.976 bits per heavy atom. The van der Waals surface area contributed by atoms with Crippen LogP contribution in [0.5, 0.6) is 5.75 Å². The van der Waals surface area contributed by atoms with Crippen LogP contribution in [0.3, 0.4) is 0 Å². The Kier molecular flexibility index (Phi) is 8.66. The molecule has 4 aromatic carbocycles. The molecule has 0 atom stereocenters. The zero-order chi connectivity index (χ0) is 29.3. The van der Waals surface area contributed by atoms with Gasteiger partial charge in [-0.1, -0.05) is 69.0 Å². The van der Waals surface area contributed by atoms with E-state index in [2.05, 4.69) is 47.4 Å². The van der Waals surface area contributed by atoms with Crippen molar-refractivity contribution in [2.24, 2.45) is 5.10 Å². The summed E-state index contributed by atoms with van der Waals surface area (Å²) in [6.07, 6.45) is 1.41. The van der Waals surface area contributed by atoms with Crippen molar-refractivity contribution in [3.8, 4) is 16.9 Å². The molecule has 2 N–H and O–H groups in total. The number of hydrogen-bond acceptors (Lipinski definition) is 4. The minimum atomic E-state index is -0.573. The first-order chi connectivity index (χ1) is 19.6. The lowest BCUT2D eigenvalue weighted by atomic mass is 9.99. The predicted molar refractivity (Wildman–Crippen MR) is 172 cm³/mol. The highest BCUT2D eigenvalue weighted by atomic mass is 79.9. The number of carbonyl (C=O) groups is 2. The summed E-state index contributed by atoms with van der Waals surface area (Å²) in [5, 5.41) is 6.11. The number of ether oxygens (including phenoxy) is 1. The van der Waals surface area contributed by atoms with E-state index in [0.717, 1.165) is 27.6 Å². The van der Waals surface area contributed by atoms with Gasteiger partial charge in [-0.15, -0.1) is 0 Å². The normalized spacial score (nSPS) is 11.3. The molecule has 0 bridgehead atoms. The Morgan fingerprint density at radius 3 is 2.44 bits per heavy atom. The van der Waals surface area contributed by atoms with Crippen LogP contribution in [0.4, 0.5) is 0 Å². The third-order valence-corrected chi connectivity index (χ3v) is 7.93. The number of halogens is 4. The molecule has 5 rings (SSSR count). The van der Waals surface area contributed by atoms with Gasteiger partial charge in [-0.25, -0.2) is 10.2 Å². The number of hydrogen-bond donors (Lipinski definition) is 2. The number of carbonyl (C=O) groups excluding carboxylic acids is 2. The van der Waals surface area contributed by atoms with Gasteiger partial charge in [0, 0.05) is 42.1 Å². The zero-order valence-electron chi connectivity index (χ0n) is 21.7. The average molecular weight is 714 g/mol. The maximum atomic E-state index is 13.5. The Morgan fingerprint density at radius 2 is 1.71 bits per heavy atom. The lowest BCUT2D eigenvalue weighted by Crippen LogP contribution is -2.19. The van der Waals surface area contributed by atoms with Crippen molar-refractivity contribution < 1.29 is 14.3 Å². The van der Waals surface area contributed by atoms with Gasteiger partial charge >= 0.3 is 5.97 Å². The summed E-state index contributed by atoms with van der Waals surface area (Å²) in [4.78, 5) is 29.6. The lowest BCUT2D eigenvalue weighted by molar-refractivity contribution is 0.0733. The first kappa shape index (κ1) is 29.1. The third-order valence-electron chi connectivity index (χ3n) is 6.30. The molecule has 0 aliphatic carbocycles. The lowest BCUT2D eigenvalue weighted by Gasteiger charge is -2.11. The molecule has 0 spiro atoms. The van der Waals surface area contributed by atoms with Crippen LogP contribution in [0.1, 0.15) is 37.5 Å². The Hall–Kier alpha value is -3.43. The molecule has 0 unspecified atom stereocenters. The number of esters is 1. The van der Waals surface area contributed by atoms with E-state index >= 15 is 0 Å². The van der Waals surface area contributed by atoms with Crippen LogP contribution in [0.15, 0.2) is 86.8 Å². The minimum Gasteiger partial charge on any atom is -0.421 e. The standard InChI is InChI=1S/C31H21Br2Cl2N3O3/c1-16-11-17(2)27-23(12-16)26(22-5-3-4-6-25(22)35)28(37-27)30(39)38-36-15-19-13-20(32)14-24(33)29(19)41-31(40)18-7-9-21(34)10-8-18/h3-15,37H,1-2H3,(H,38,39). The Balaban J connectivity index is 1.47. The van der Waals surface area contributed by atoms with Crippen molar-refractivity contribution in [3.05, 3.63) is 120 Å². The van der Waals surface area contributed by atoms with E-state index in [1.54, 1.807) is 42.5 Å².